The van der Waals surface area contributed by atoms with Gasteiger partial charge in [0, 0.05) is 13.1 Å². The number of anilines is 1. The number of carbonyl (C=O) groups is 2. The molecule has 1 saturated heterocycles. The summed E-state index contributed by atoms with van der Waals surface area (Å²) in [6.45, 7) is 1.42. The highest BCUT2D eigenvalue weighted by molar-refractivity contribution is 5.99. The fraction of sp³-hybridized carbons (Fsp3) is 0.467. The summed E-state index contributed by atoms with van der Waals surface area (Å²) in [7, 11) is 0. The van der Waals surface area contributed by atoms with E-state index in [1.165, 1.54) is 0 Å². The van der Waals surface area contributed by atoms with Crippen LogP contribution < -0.4 is 5.32 Å². The van der Waals surface area contributed by atoms with Crippen molar-refractivity contribution in [2.75, 3.05) is 18.4 Å². The van der Waals surface area contributed by atoms with E-state index in [1.54, 1.807) is 4.90 Å². The summed E-state index contributed by atoms with van der Waals surface area (Å²) < 4.78 is 39.4. The maximum absolute atomic E-state index is 13.5. The first kappa shape index (κ1) is 14.9. The van der Waals surface area contributed by atoms with E-state index in [9.17, 15) is 22.8 Å². The predicted octanol–water partition coefficient (Wildman–Crippen LogP) is 2.30. The number of rotatable bonds is 3. The topological polar surface area (TPSA) is 49.4 Å². The van der Waals surface area contributed by atoms with Gasteiger partial charge < -0.3 is 10.2 Å². The van der Waals surface area contributed by atoms with Crippen molar-refractivity contribution in [3.8, 4) is 0 Å². The van der Waals surface area contributed by atoms with E-state index in [4.69, 9.17) is 0 Å². The van der Waals surface area contributed by atoms with Crippen LogP contribution >= 0.6 is 0 Å². The largest absolute Gasteiger partial charge is 0.342 e. The van der Waals surface area contributed by atoms with Crippen LogP contribution in [0.3, 0.4) is 0 Å². The lowest BCUT2D eigenvalue weighted by atomic mass is 10.2. The van der Waals surface area contributed by atoms with Gasteiger partial charge in [0.05, 0.1) is 17.5 Å². The minimum Gasteiger partial charge on any atom is -0.342 e. The molecule has 2 aliphatic rings. The maximum Gasteiger partial charge on any atom is 0.228 e. The molecule has 2 atom stereocenters. The normalized spacial score (nSPS) is 23.5. The Labute approximate surface area is 125 Å². The molecule has 22 heavy (non-hydrogen) atoms. The van der Waals surface area contributed by atoms with E-state index in [0.717, 1.165) is 25.0 Å². The summed E-state index contributed by atoms with van der Waals surface area (Å²) in [5.41, 5.74) is -0.414. The van der Waals surface area contributed by atoms with Gasteiger partial charge in [-0.25, -0.2) is 13.2 Å². The van der Waals surface area contributed by atoms with Crippen LogP contribution in [0.5, 0.6) is 0 Å². The molecule has 1 N–H and O–H groups in total. The molecule has 0 aromatic heterocycles. The van der Waals surface area contributed by atoms with E-state index in [1.807, 2.05) is 0 Å². The third kappa shape index (κ3) is 2.67. The molecule has 2 unspecified atom stereocenters. The van der Waals surface area contributed by atoms with Gasteiger partial charge in [0.25, 0.3) is 0 Å². The zero-order valence-electron chi connectivity index (χ0n) is 11.7. The van der Waals surface area contributed by atoms with Crippen molar-refractivity contribution in [1.82, 2.24) is 4.90 Å². The van der Waals surface area contributed by atoms with E-state index in [0.29, 0.717) is 19.5 Å². The second kappa shape index (κ2) is 5.62. The number of amides is 2. The van der Waals surface area contributed by atoms with Crippen molar-refractivity contribution in [1.29, 1.82) is 0 Å². The van der Waals surface area contributed by atoms with Crippen molar-refractivity contribution >= 4 is 17.5 Å². The van der Waals surface area contributed by atoms with E-state index in [-0.39, 0.29) is 11.8 Å². The van der Waals surface area contributed by atoms with Crippen molar-refractivity contribution in [3.05, 3.63) is 29.6 Å². The Bertz CT molecular complexity index is 629. The molecule has 1 aliphatic carbocycles. The van der Waals surface area contributed by atoms with Gasteiger partial charge in [-0.15, -0.1) is 0 Å². The number of benzene rings is 1. The molecule has 118 valence electrons. The van der Waals surface area contributed by atoms with Crippen molar-refractivity contribution in [2.45, 2.75) is 19.3 Å². The van der Waals surface area contributed by atoms with Crippen LogP contribution in [0.25, 0.3) is 0 Å². The highest BCUT2D eigenvalue weighted by atomic mass is 19.2. The van der Waals surface area contributed by atoms with Crippen molar-refractivity contribution in [3.63, 3.8) is 0 Å². The van der Waals surface area contributed by atoms with Crippen molar-refractivity contribution in [2.24, 2.45) is 11.8 Å². The Morgan fingerprint density at radius 2 is 1.73 bits per heavy atom. The lowest BCUT2D eigenvalue weighted by Gasteiger charge is -2.15. The van der Waals surface area contributed by atoms with Gasteiger partial charge in [0.1, 0.15) is 0 Å². The summed E-state index contributed by atoms with van der Waals surface area (Å²) in [5, 5.41) is 2.22. The molecule has 0 spiro atoms. The molecular weight excluding hydrogens is 297 g/mol. The number of nitrogens with one attached hydrogen (secondary N) is 1. The molecule has 1 aliphatic heterocycles. The Morgan fingerprint density at radius 3 is 2.41 bits per heavy atom. The third-order valence-corrected chi connectivity index (χ3v) is 4.16. The summed E-state index contributed by atoms with van der Waals surface area (Å²) in [6, 6.07) is 1.71. The van der Waals surface area contributed by atoms with Crippen LogP contribution in [-0.4, -0.2) is 29.8 Å². The van der Waals surface area contributed by atoms with Gasteiger partial charge in [0.15, 0.2) is 17.5 Å². The van der Waals surface area contributed by atoms with Crippen LogP contribution in [-0.2, 0) is 9.59 Å². The van der Waals surface area contributed by atoms with Crippen LogP contribution in [0.1, 0.15) is 19.3 Å². The highest BCUT2D eigenvalue weighted by Crippen LogP contribution is 2.41. The lowest BCUT2D eigenvalue weighted by molar-refractivity contribution is -0.133. The molecule has 2 amide bonds. The van der Waals surface area contributed by atoms with Gasteiger partial charge in [0.2, 0.25) is 11.8 Å². The third-order valence-electron chi connectivity index (χ3n) is 4.16. The Balaban J connectivity index is 1.62. The second-order valence-corrected chi connectivity index (χ2v) is 5.69. The summed E-state index contributed by atoms with van der Waals surface area (Å²) in [5.74, 6) is -5.88. The molecular formula is C15H15F3N2O2. The van der Waals surface area contributed by atoms with Gasteiger partial charge in [-0.3, -0.25) is 9.59 Å². The molecule has 1 saturated carbocycles. The Kier molecular flexibility index (Phi) is 3.80. The average molecular weight is 312 g/mol. The van der Waals surface area contributed by atoms with Crippen LogP contribution in [0.2, 0.25) is 0 Å². The smallest absolute Gasteiger partial charge is 0.228 e. The summed E-state index contributed by atoms with van der Waals surface area (Å²) in [6.07, 6.45) is 2.34. The monoisotopic (exact) mass is 312 g/mol. The Morgan fingerprint density at radius 1 is 1.05 bits per heavy atom. The number of carbonyl (C=O) groups excluding carboxylic acids is 2. The molecule has 0 radical (unpaired) electrons. The number of halogens is 3. The van der Waals surface area contributed by atoms with E-state index in [2.05, 4.69) is 5.32 Å². The molecule has 1 aromatic carbocycles. The lowest BCUT2D eigenvalue weighted by Crippen LogP contribution is -2.30. The summed E-state index contributed by atoms with van der Waals surface area (Å²) >= 11 is 0. The number of likely N-dealkylation sites (tertiary alicyclic amines) is 1. The van der Waals surface area contributed by atoms with E-state index < -0.39 is 35.0 Å². The van der Waals surface area contributed by atoms with Crippen LogP contribution in [0.4, 0.5) is 18.9 Å². The molecule has 0 bridgehead atoms. The maximum atomic E-state index is 13.5. The van der Waals surface area contributed by atoms with Crippen LogP contribution in [0.15, 0.2) is 12.1 Å². The molecule has 1 heterocycles. The van der Waals surface area contributed by atoms with Gasteiger partial charge in [-0.1, -0.05) is 0 Å². The number of hydrogen-bond acceptors (Lipinski definition) is 2. The molecule has 4 nitrogen and oxygen atoms in total. The first-order chi connectivity index (χ1) is 10.5. The van der Waals surface area contributed by atoms with Gasteiger partial charge in [-0.2, -0.15) is 0 Å². The number of nitrogens with zero attached hydrogens (tertiary/aromatic N) is 1. The predicted molar refractivity (Wildman–Crippen MR) is 72.4 cm³/mol. The highest BCUT2D eigenvalue weighted by Gasteiger charge is 2.49. The van der Waals surface area contributed by atoms with Gasteiger partial charge >= 0.3 is 0 Å². The van der Waals surface area contributed by atoms with Gasteiger partial charge in [-0.05, 0) is 31.4 Å². The van der Waals surface area contributed by atoms with E-state index >= 15 is 0 Å². The standard InChI is InChI=1S/C15H15F3N2O2/c16-10-3-4-11(13(18)12(10)17)19-14(21)8-7-9(8)15(22)20-5-1-2-6-20/h3-4,8-9H,1-2,5-7H2,(H,19,21). The Hall–Kier alpha value is -2.05. The molecule has 2 fully saturated rings. The summed E-state index contributed by atoms with van der Waals surface area (Å²) in [4.78, 5) is 25.8. The van der Waals surface area contributed by atoms with Crippen molar-refractivity contribution < 1.29 is 22.8 Å². The second-order valence-electron chi connectivity index (χ2n) is 5.69. The van der Waals surface area contributed by atoms with Crippen LogP contribution in [0, 0.1) is 29.3 Å². The molecule has 7 heteroatoms. The average Bonchev–Trinajstić information content (AvgIpc) is 3.12. The first-order valence-electron chi connectivity index (χ1n) is 7.22. The number of hydrogen-bond donors (Lipinski definition) is 1. The zero-order chi connectivity index (χ0) is 15.9. The SMILES string of the molecule is O=C(Nc1ccc(F)c(F)c1F)C1CC1C(=O)N1CCCC1. The fourth-order valence-electron chi connectivity index (χ4n) is 2.78. The minimum absolute atomic E-state index is 0.0524. The molecule has 1 aromatic rings. The quantitative estimate of drug-likeness (QED) is 0.871. The fourth-order valence-corrected chi connectivity index (χ4v) is 2.78. The first-order valence-corrected chi connectivity index (χ1v) is 7.22. The minimum atomic E-state index is -1.63. The zero-order valence-corrected chi connectivity index (χ0v) is 11.7. The molecule has 3 rings (SSSR count).